The van der Waals surface area contributed by atoms with Crippen LogP contribution in [0.4, 0.5) is 5.69 Å². The fourth-order valence-corrected chi connectivity index (χ4v) is 2.28. The molecule has 0 N–H and O–H groups in total. The molecular formula is C14H11ClN4O3. The molecule has 3 aromatic rings. The summed E-state index contributed by atoms with van der Waals surface area (Å²) in [6, 6.07) is 6.01. The highest BCUT2D eigenvalue weighted by Crippen LogP contribution is 2.26. The lowest BCUT2D eigenvalue weighted by Crippen LogP contribution is -2.01. The molecule has 0 unspecified atom stereocenters. The minimum absolute atomic E-state index is 0.0327. The van der Waals surface area contributed by atoms with Crippen LogP contribution in [0, 0.1) is 10.1 Å². The van der Waals surface area contributed by atoms with Crippen LogP contribution >= 0.6 is 11.6 Å². The Morgan fingerprint density at radius 1 is 1.36 bits per heavy atom. The number of hydrogen-bond acceptors (Lipinski definition) is 5. The predicted molar refractivity (Wildman–Crippen MR) is 80.9 cm³/mol. The van der Waals surface area contributed by atoms with E-state index in [1.807, 2.05) is 7.05 Å². The Morgan fingerprint density at radius 3 is 2.95 bits per heavy atom. The highest BCUT2D eigenvalue weighted by molar-refractivity contribution is 6.31. The van der Waals surface area contributed by atoms with Crippen molar-refractivity contribution in [2.45, 2.75) is 6.61 Å². The second-order valence-electron chi connectivity index (χ2n) is 4.66. The molecular weight excluding hydrogens is 308 g/mol. The number of aryl methyl sites for hydroxylation is 1. The van der Waals surface area contributed by atoms with E-state index in [2.05, 4.69) is 9.97 Å². The first-order chi connectivity index (χ1) is 10.6. The van der Waals surface area contributed by atoms with Gasteiger partial charge in [0.05, 0.1) is 16.8 Å². The first kappa shape index (κ1) is 14.3. The number of halogens is 1. The molecule has 0 atom stereocenters. The van der Waals surface area contributed by atoms with Gasteiger partial charge < -0.3 is 9.30 Å². The number of ether oxygens (including phenoxy) is 1. The number of nitro groups is 1. The Kier molecular flexibility index (Phi) is 3.64. The van der Waals surface area contributed by atoms with Crippen molar-refractivity contribution in [2.24, 2.45) is 7.05 Å². The van der Waals surface area contributed by atoms with Crippen LogP contribution < -0.4 is 4.74 Å². The Balaban J connectivity index is 1.90. The van der Waals surface area contributed by atoms with Crippen LogP contribution in [0.5, 0.6) is 5.88 Å². The summed E-state index contributed by atoms with van der Waals surface area (Å²) in [5, 5.41) is 11.2. The van der Waals surface area contributed by atoms with Crippen molar-refractivity contribution in [3.05, 3.63) is 57.5 Å². The highest BCUT2D eigenvalue weighted by Gasteiger charge is 2.13. The van der Waals surface area contributed by atoms with Crippen LogP contribution in [-0.4, -0.2) is 19.5 Å². The summed E-state index contributed by atoms with van der Waals surface area (Å²) in [4.78, 5) is 18.7. The summed E-state index contributed by atoms with van der Waals surface area (Å²) in [5.74, 6) is 0.403. The maximum absolute atomic E-state index is 10.8. The SMILES string of the molecule is Cn1cnc2ccnc(OCc3cc([N+](=O)[O-])ccc3Cl)c21. The summed E-state index contributed by atoms with van der Waals surface area (Å²) in [7, 11) is 1.84. The largest absolute Gasteiger partial charge is 0.471 e. The summed E-state index contributed by atoms with van der Waals surface area (Å²) in [5.41, 5.74) is 2.01. The molecule has 0 aliphatic heterocycles. The summed E-state index contributed by atoms with van der Waals surface area (Å²) in [6.07, 6.45) is 3.26. The van der Waals surface area contributed by atoms with Gasteiger partial charge >= 0.3 is 0 Å². The molecule has 0 aliphatic rings. The highest BCUT2D eigenvalue weighted by atomic mass is 35.5. The molecule has 2 aromatic heterocycles. The molecule has 0 amide bonds. The van der Waals surface area contributed by atoms with Crippen LogP contribution in [0.25, 0.3) is 11.0 Å². The third-order valence-corrected chi connectivity index (χ3v) is 3.57. The van der Waals surface area contributed by atoms with Gasteiger partial charge in [0.15, 0.2) is 0 Å². The number of nitro benzene ring substituents is 1. The molecule has 0 fully saturated rings. The molecule has 0 radical (unpaired) electrons. The molecule has 3 rings (SSSR count). The zero-order valence-electron chi connectivity index (χ0n) is 11.6. The maximum Gasteiger partial charge on any atom is 0.269 e. The first-order valence-corrected chi connectivity index (χ1v) is 6.75. The van der Waals surface area contributed by atoms with Crippen molar-refractivity contribution < 1.29 is 9.66 Å². The smallest absolute Gasteiger partial charge is 0.269 e. The van der Waals surface area contributed by atoms with Crippen molar-refractivity contribution in [3.63, 3.8) is 0 Å². The van der Waals surface area contributed by atoms with E-state index < -0.39 is 4.92 Å². The van der Waals surface area contributed by atoms with E-state index in [4.69, 9.17) is 16.3 Å². The Labute approximate surface area is 130 Å². The van der Waals surface area contributed by atoms with Crippen LogP contribution in [0.2, 0.25) is 5.02 Å². The number of pyridine rings is 1. The lowest BCUT2D eigenvalue weighted by atomic mass is 10.2. The number of benzene rings is 1. The average molecular weight is 319 g/mol. The number of non-ortho nitro benzene ring substituents is 1. The third-order valence-electron chi connectivity index (χ3n) is 3.20. The molecule has 7 nitrogen and oxygen atoms in total. The van der Waals surface area contributed by atoms with Crippen molar-refractivity contribution in [2.75, 3.05) is 0 Å². The van der Waals surface area contributed by atoms with E-state index in [0.29, 0.717) is 16.5 Å². The fourth-order valence-electron chi connectivity index (χ4n) is 2.10. The zero-order valence-corrected chi connectivity index (χ0v) is 12.3. The minimum atomic E-state index is -0.472. The molecule has 0 spiro atoms. The fraction of sp³-hybridized carbons (Fsp3) is 0.143. The summed E-state index contributed by atoms with van der Waals surface area (Å²) >= 11 is 6.05. The van der Waals surface area contributed by atoms with Crippen LogP contribution in [0.3, 0.4) is 0 Å². The zero-order chi connectivity index (χ0) is 15.7. The molecule has 0 saturated heterocycles. The number of aromatic nitrogens is 3. The van der Waals surface area contributed by atoms with Gasteiger partial charge in [0.2, 0.25) is 5.88 Å². The van der Waals surface area contributed by atoms with Gasteiger partial charge in [0.25, 0.3) is 5.69 Å². The monoisotopic (exact) mass is 318 g/mol. The van der Waals surface area contributed by atoms with Crippen LogP contribution in [0.1, 0.15) is 5.56 Å². The molecule has 112 valence electrons. The van der Waals surface area contributed by atoms with Gasteiger partial charge in [-0.15, -0.1) is 0 Å². The van der Waals surface area contributed by atoms with Gasteiger partial charge in [0.1, 0.15) is 12.1 Å². The second-order valence-corrected chi connectivity index (χ2v) is 5.07. The van der Waals surface area contributed by atoms with Crippen LogP contribution in [0.15, 0.2) is 36.8 Å². The normalized spacial score (nSPS) is 10.8. The Morgan fingerprint density at radius 2 is 2.18 bits per heavy atom. The van der Waals surface area contributed by atoms with E-state index >= 15 is 0 Å². The molecule has 8 heteroatoms. The van der Waals surface area contributed by atoms with E-state index in [1.54, 1.807) is 23.2 Å². The second kappa shape index (κ2) is 5.61. The molecule has 0 saturated carbocycles. The molecule has 0 aliphatic carbocycles. The molecule has 22 heavy (non-hydrogen) atoms. The van der Waals surface area contributed by atoms with Gasteiger partial charge in [-0.2, -0.15) is 0 Å². The lowest BCUT2D eigenvalue weighted by Gasteiger charge is -2.08. The van der Waals surface area contributed by atoms with E-state index in [9.17, 15) is 10.1 Å². The quantitative estimate of drug-likeness (QED) is 0.545. The summed E-state index contributed by atoms with van der Waals surface area (Å²) in [6.45, 7) is 0.0812. The van der Waals surface area contributed by atoms with Gasteiger partial charge in [-0.3, -0.25) is 10.1 Å². The van der Waals surface area contributed by atoms with Gasteiger partial charge in [-0.1, -0.05) is 11.6 Å². The van der Waals surface area contributed by atoms with Gasteiger partial charge in [0, 0.05) is 36.0 Å². The van der Waals surface area contributed by atoms with Crippen molar-refractivity contribution in [3.8, 4) is 5.88 Å². The van der Waals surface area contributed by atoms with Crippen molar-refractivity contribution >= 4 is 28.3 Å². The average Bonchev–Trinajstić information content (AvgIpc) is 2.88. The number of imidazole rings is 1. The van der Waals surface area contributed by atoms with E-state index in [0.717, 1.165) is 11.0 Å². The topological polar surface area (TPSA) is 83.1 Å². The maximum atomic E-state index is 10.8. The molecule has 1 aromatic carbocycles. The minimum Gasteiger partial charge on any atom is -0.471 e. The van der Waals surface area contributed by atoms with Crippen LogP contribution in [-0.2, 0) is 13.7 Å². The van der Waals surface area contributed by atoms with Gasteiger partial charge in [-0.05, 0) is 12.1 Å². The number of rotatable bonds is 4. The van der Waals surface area contributed by atoms with Crippen molar-refractivity contribution in [1.82, 2.24) is 14.5 Å². The number of nitrogens with zero attached hydrogens (tertiary/aromatic N) is 4. The number of hydrogen-bond donors (Lipinski definition) is 0. The number of fused-ring (bicyclic) bond motifs is 1. The Bertz CT molecular complexity index is 862. The lowest BCUT2D eigenvalue weighted by molar-refractivity contribution is -0.384. The molecule has 0 bridgehead atoms. The Hall–Kier alpha value is -2.67. The van der Waals surface area contributed by atoms with Gasteiger partial charge in [-0.25, -0.2) is 9.97 Å². The van der Waals surface area contributed by atoms with Crippen molar-refractivity contribution in [1.29, 1.82) is 0 Å². The predicted octanol–water partition coefficient (Wildman–Crippen LogP) is 3.11. The standard InChI is InChI=1S/C14H11ClN4O3/c1-18-8-17-12-4-5-16-14(13(12)18)22-7-9-6-10(19(20)21)2-3-11(9)15/h2-6,8H,7H2,1H3. The molecule has 2 heterocycles. The van der Waals surface area contributed by atoms with E-state index in [1.165, 1.54) is 18.2 Å². The third kappa shape index (κ3) is 2.58. The first-order valence-electron chi connectivity index (χ1n) is 6.38. The summed E-state index contributed by atoms with van der Waals surface area (Å²) < 4.78 is 7.48. The van der Waals surface area contributed by atoms with E-state index in [-0.39, 0.29) is 12.3 Å².